The second-order valence-corrected chi connectivity index (χ2v) is 10.1. The van der Waals surface area contributed by atoms with E-state index < -0.39 is 17.3 Å². The molecule has 1 heterocycles. The fourth-order valence-corrected chi connectivity index (χ4v) is 5.91. The van der Waals surface area contributed by atoms with Crippen molar-refractivity contribution in [1.82, 2.24) is 10.2 Å². The molecule has 1 aliphatic heterocycles. The molecule has 2 aliphatic carbocycles. The molecule has 0 spiro atoms. The average molecular weight is 467 g/mol. The maximum Gasteiger partial charge on any atom is 0.407 e. The number of ether oxygens (including phenoxy) is 1. The molecule has 2 aromatic rings. The fraction of sp³-hybridized carbons (Fsp3) is 0.400. The molecule has 7 nitrogen and oxygen atoms in total. The minimum absolute atomic E-state index is 0.000821. The number of carboxylic acid groups (broad SMARTS) is 1. The van der Waals surface area contributed by atoms with Gasteiger partial charge in [-0.25, -0.2) is 4.79 Å². The minimum atomic E-state index is -0.873. The molecule has 5 rings (SSSR count). The van der Waals surface area contributed by atoms with Crippen molar-refractivity contribution in [3.63, 3.8) is 0 Å². The molecule has 0 radical (unpaired) electrons. The standard InChI is InChI=1S/C25H26N2O5S/c28-23(27-9-10-33-22(13-27)24(29)30)20-11-15(20)12-26-25(31)32-14-21-18-7-3-1-5-16(18)17-6-2-4-8-19(17)21/h1-8,15,20-22H,9-14H2,(H,26,31)(H,29,30)/t15-,20-,22?/m1/s1. The summed E-state index contributed by atoms with van der Waals surface area (Å²) in [5.41, 5.74) is 4.70. The van der Waals surface area contributed by atoms with E-state index in [9.17, 15) is 19.5 Å². The summed E-state index contributed by atoms with van der Waals surface area (Å²) in [6.45, 7) is 1.48. The third kappa shape index (κ3) is 4.44. The second-order valence-electron chi connectivity index (χ2n) is 8.79. The zero-order valence-electron chi connectivity index (χ0n) is 18.1. The normalized spacial score (nSPS) is 23.4. The number of nitrogens with one attached hydrogen (secondary N) is 1. The lowest BCUT2D eigenvalue weighted by Crippen LogP contribution is -2.45. The summed E-state index contributed by atoms with van der Waals surface area (Å²) in [6, 6.07) is 16.4. The van der Waals surface area contributed by atoms with Gasteiger partial charge in [0, 0.05) is 37.2 Å². The first-order valence-electron chi connectivity index (χ1n) is 11.2. The Bertz CT molecular complexity index is 1040. The molecular weight excluding hydrogens is 440 g/mol. The van der Waals surface area contributed by atoms with E-state index in [1.54, 1.807) is 4.90 Å². The molecule has 2 N–H and O–H groups in total. The summed E-state index contributed by atoms with van der Waals surface area (Å²) in [7, 11) is 0. The van der Waals surface area contributed by atoms with Crippen molar-refractivity contribution in [1.29, 1.82) is 0 Å². The molecular formula is C25H26N2O5S. The summed E-state index contributed by atoms with van der Waals surface area (Å²) >= 11 is 1.38. The summed E-state index contributed by atoms with van der Waals surface area (Å²) in [5, 5.41) is 11.5. The van der Waals surface area contributed by atoms with Crippen molar-refractivity contribution >= 4 is 29.7 Å². The van der Waals surface area contributed by atoms with Crippen LogP contribution in [0.1, 0.15) is 23.5 Å². The number of carbonyl (C=O) groups excluding carboxylic acids is 2. The van der Waals surface area contributed by atoms with Crippen LogP contribution < -0.4 is 5.32 Å². The van der Waals surface area contributed by atoms with Crippen LogP contribution in [-0.2, 0) is 14.3 Å². The molecule has 3 aliphatic rings. The van der Waals surface area contributed by atoms with Gasteiger partial charge in [0.25, 0.3) is 0 Å². The predicted octanol–water partition coefficient (Wildman–Crippen LogP) is 3.19. The van der Waals surface area contributed by atoms with Gasteiger partial charge in [-0.3, -0.25) is 9.59 Å². The Balaban J connectivity index is 1.10. The van der Waals surface area contributed by atoms with Gasteiger partial charge >= 0.3 is 12.1 Å². The smallest absolute Gasteiger partial charge is 0.407 e. The molecule has 2 fully saturated rings. The lowest BCUT2D eigenvalue weighted by atomic mass is 9.98. The third-order valence-electron chi connectivity index (χ3n) is 6.75. The molecule has 172 valence electrons. The van der Waals surface area contributed by atoms with Crippen LogP contribution >= 0.6 is 11.8 Å². The number of nitrogens with zero attached hydrogens (tertiary/aromatic N) is 1. The molecule has 2 amide bonds. The highest BCUT2D eigenvalue weighted by Gasteiger charge is 2.46. The molecule has 33 heavy (non-hydrogen) atoms. The number of carbonyl (C=O) groups is 3. The van der Waals surface area contributed by atoms with Crippen LogP contribution in [0.2, 0.25) is 0 Å². The molecule has 1 saturated heterocycles. The number of alkyl carbamates (subject to hydrolysis) is 1. The zero-order valence-corrected chi connectivity index (χ0v) is 18.9. The fourth-order valence-electron chi connectivity index (χ4n) is 4.87. The van der Waals surface area contributed by atoms with Crippen molar-refractivity contribution in [3.05, 3.63) is 59.7 Å². The number of fused-ring (bicyclic) bond motifs is 3. The van der Waals surface area contributed by atoms with Crippen molar-refractivity contribution in [3.8, 4) is 11.1 Å². The van der Waals surface area contributed by atoms with E-state index in [4.69, 9.17) is 4.74 Å². The summed E-state index contributed by atoms with van der Waals surface area (Å²) in [6.07, 6.45) is 0.236. The lowest BCUT2D eigenvalue weighted by molar-refractivity contribution is -0.138. The van der Waals surface area contributed by atoms with Crippen LogP contribution in [0.5, 0.6) is 0 Å². The van der Waals surface area contributed by atoms with Gasteiger partial charge in [-0.05, 0) is 34.6 Å². The van der Waals surface area contributed by atoms with Crippen LogP contribution in [0.4, 0.5) is 4.79 Å². The van der Waals surface area contributed by atoms with Crippen LogP contribution in [0, 0.1) is 11.8 Å². The third-order valence-corrected chi connectivity index (χ3v) is 7.92. The monoisotopic (exact) mass is 466 g/mol. The van der Waals surface area contributed by atoms with E-state index in [-0.39, 0.29) is 36.8 Å². The highest BCUT2D eigenvalue weighted by molar-refractivity contribution is 8.00. The van der Waals surface area contributed by atoms with Gasteiger partial charge in [0.05, 0.1) is 0 Å². The van der Waals surface area contributed by atoms with Gasteiger partial charge in [0.15, 0.2) is 0 Å². The van der Waals surface area contributed by atoms with Gasteiger partial charge < -0.3 is 20.1 Å². The topological polar surface area (TPSA) is 95.9 Å². The van der Waals surface area contributed by atoms with Crippen molar-refractivity contribution in [2.24, 2.45) is 11.8 Å². The van der Waals surface area contributed by atoms with E-state index in [1.807, 2.05) is 24.3 Å². The SMILES string of the molecule is O=C(NC[C@H]1C[C@H]1C(=O)N1CCSC(C(=O)O)C1)OCC1c2ccccc2-c2ccccc21. The maximum atomic E-state index is 12.7. The Morgan fingerprint density at radius 3 is 2.39 bits per heavy atom. The van der Waals surface area contributed by atoms with E-state index in [0.717, 1.165) is 0 Å². The largest absolute Gasteiger partial charge is 0.480 e. The Labute approximate surface area is 196 Å². The molecule has 2 aromatic carbocycles. The Kier molecular flexibility index (Phi) is 6.01. The van der Waals surface area contributed by atoms with Gasteiger partial charge in [0.2, 0.25) is 5.91 Å². The van der Waals surface area contributed by atoms with Gasteiger partial charge in [-0.15, -0.1) is 11.8 Å². The summed E-state index contributed by atoms with van der Waals surface area (Å²) in [4.78, 5) is 37.9. The highest BCUT2D eigenvalue weighted by Crippen LogP contribution is 2.44. The Hall–Kier alpha value is -3.00. The number of carboxylic acids is 1. The number of rotatable bonds is 6. The van der Waals surface area contributed by atoms with Crippen LogP contribution in [0.3, 0.4) is 0 Å². The first-order valence-corrected chi connectivity index (χ1v) is 12.3. The molecule has 3 atom stereocenters. The van der Waals surface area contributed by atoms with Gasteiger partial charge in [-0.1, -0.05) is 48.5 Å². The van der Waals surface area contributed by atoms with E-state index in [0.29, 0.717) is 25.3 Å². The number of hydrogen-bond acceptors (Lipinski definition) is 5. The Morgan fingerprint density at radius 1 is 1.06 bits per heavy atom. The Morgan fingerprint density at radius 2 is 1.73 bits per heavy atom. The quantitative estimate of drug-likeness (QED) is 0.679. The summed E-state index contributed by atoms with van der Waals surface area (Å²) < 4.78 is 5.56. The van der Waals surface area contributed by atoms with E-state index >= 15 is 0 Å². The van der Waals surface area contributed by atoms with Gasteiger partial charge in [-0.2, -0.15) is 0 Å². The van der Waals surface area contributed by atoms with Crippen LogP contribution in [0.15, 0.2) is 48.5 Å². The number of thioether (sulfide) groups is 1. The first kappa shape index (κ1) is 21.8. The van der Waals surface area contributed by atoms with Gasteiger partial charge in [0.1, 0.15) is 11.9 Å². The molecule has 8 heteroatoms. The van der Waals surface area contributed by atoms with Crippen molar-refractivity contribution < 1.29 is 24.2 Å². The number of hydrogen-bond donors (Lipinski definition) is 2. The van der Waals surface area contributed by atoms with Crippen LogP contribution in [-0.4, -0.2) is 65.2 Å². The highest BCUT2D eigenvalue weighted by atomic mass is 32.2. The lowest BCUT2D eigenvalue weighted by Gasteiger charge is -2.30. The maximum absolute atomic E-state index is 12.7. The molecule has 1 saturated carbocycles. The predicted molar refractivity (Wildman–Crippen MR) is 125 cm³/mol. The molecule has 1 unspecified atom stereocenters. The number of amides is 2. The van der Waals surface area contributed by atoms with Crippen LogP contribution in [0.25, 0.3) is 11.1 Å². The van der Waals surface area contributed by atoms with Crippen molar-refractivity contribution in [2.45, 2.75) is 17.6 Å². The molecule has 0 aromatic heterocycles. The average Bonchev–Trinajstić information content (AvgIpc) is 3.56. The number of benzene rings is 2. The van der Waals surface area contributed by atoms with Crippen molar-refractivity contribution in [2.75, 3.05) is 32.0 Å². The van der Waals surface area contributed by atoms with E-state index in [2.05, 4.69) is 29.6 Å². The second kappa shape index (κ2) is 9.09. The summed E-state index contributed by atoms with van der Waals surface area (Å²) in [5.74, 6) is -0.287. The molecule has 0 bridgehead atoms. The minimum Gasteiger partial charge on any atom is -0.480 e. The van der Waals surface area contributed by atoms with E-state index in [1.165, 1.54) is 34.0 Å². The first-order chi connectivity index (χ1) is 16.0. The number of aliphatic carboxylic acids is 1. The zero-order chi connectivity index (χ0) is 22.9.